The molecule has 1 aromatic heterocycles. The van der Waals surface area contributed by atoms with Crippen LogP contribution in [-0.4, -0.2) is 4.57 Å². The SMILES string of the molecule is Cn1c2c(c(C3CCCCC3)c1C1CCCCC1)CC(C1CCCCC1)=C2. The van der Waals surface area contributed by atoms with Gasteiger partial charge in [0.25, 0.3) is 0 Å². The Hall–Kier alpha value is -0.980. The molecule has 1 heteroatoms. The van der Waals surface area contributed by atoms with E-state index < -0.39 is 0 Å². The second-order valence-electron chi connectivity index (χ2n) is 10.1. The first-order chi connectivity index (χ1) is 13.3. The van der Waals surface area contributed by atoms with Crippen molar-refractivity contribution in [2.75, 3.05) is 0 Å². The number of allylic oxidation sites excluding steroid dienone is 1. The van der Waals surface area contributed by atoms with E-state index in [2.05, 4.69) is 17.7 Å². The second kappa shape index (κ2) is 7.80. The van der Waals surface area contributed by atoms with Gasteiger partial charge in [0.1, 0.15) is 0 Å². The van der Waals surface area contributed by atoms with Crippen molar-refractivity contribution in [1.29, 1.82) is 0 Å². The lowest BCUT2D eigenvalue weighted by Gasteiger charge is -2.30. The molecule has 148 valence electrons. The molecule has 1 aromatic rings. The van der Waals surface area contributed by atoms with Gasteiger partial charge in [-0.05, 0) is 79.9 Å². The lowest BCUT2D eigenvalue weighted by molar-refractivity contribution is 0.398. The van der Waals surface area contributed by atoms with Crippen molar-refractivity contribution in [2.24, 2.45) is 13.0 Å². The molecule has 1 heterocycles. The summed E-state index contributed by atoms with van der Waals surface area (Å²) < 4.78 is 2.69. The summed E-state index contributed by atoms with van der Waals surface area (Å²) in [6.45, 7) is 0. The van der Waals surface area contributed by atoms with Crippen LogP contribution in [0.25, 0.3) is 6.08 Å². The highest BCUT2D eigenvalue weighted by atomic mass is 15.0. The largest absolute Gasteiger partial charge is 0.347 e. The van der Waals surface area contributed by atoms with E-state index >= 15 is 0 Å². The monoisotopic (exact) mass is 365 g/mol. The van der Waals surface area contributed by atoms with E-state index in [9.17, 15) is 0 Å². The maximum Gasteiger partial charge on any atom is 0.0444 e. The Bertz CT molecular complexity index is 688. The first kappa shape index (κ1) is 18.1. The summed E-state index contributed by atoms with van der Waals surface area (Å²) in [4.78, 5) is 0. The number of hydrogen-bond acceptors (Lipinski definition) is 0. The molecule has 3 fully saturated rings. The highest BCUT2D eigenvalue weighted by Crippen LogP contribution is 2.48. The number of fused-ring (bicyclic) bond motifs is 1. The molecule has 0 N–H and O–H groups in total. The third-order valence-electron chi connectivity index (χ3n) is 8.47. The molecule has 0 aliphatic heterocycles. The van der Waals surface area contributed by atoms with Crippen LogP contribution in [0.4, 0.5) is 0 Å². The molecule has 0 unspecified atom stereocenters. The average Bonchev–Trinajstić information content (AvgIpc) is 3.28. The van der Waals surface area contributed by atoms with Crippen LogP contribution in [-0.2, 0) is 13.5 Å². The summed E-state index contributed by atoms with van der Waals surface area (Å²) >= 11 is 0. The molecule has 0 saturated heterocycles. The van der Waals surface area contributed by atoms with Gasteiger partial charge in [0.05, 0.1) is 0 Å². The van der Waals surface area contributed by atoms with Crippen LogP contribution in [0, 0.1) is 5.92 Å². The number of nitrogens with zero attached hydrogens (tertiary/aromatic N) is 1. The summed E-state index contributed by atoms with van der Waals surface area (Å²) in [7, 11) is 2.41. The Balaban J connectivity index is 1.52. The molecule has 5 rings (SSSR count). The van der Waals surface area contributed by atoms with Crippen molar-refractivity contribution < 1.29 is 0 Å². The third kappa shape index (κ3) is 3.34. The molecule has 0 amide bonds. The standard InChI is InChI=1S/C26H39N/c1-27-24-18-22(19-11-5-2-6-12-19)17-23(24)25(20-13-7-3-8-14-20)26(27)21-15-9-4-10-16-21/h18-21H,2-17H2,1H3. The molecule has 3 saturated carbocycles. The van der Waals surface area contributed by atoms with Gasteiger partial charge < -0.3 is 4.57 Å². The van der Waals surface area contributed by atoms with Crippen molar-refractivity contribution in [3.63, 3.8) is 0 Å². The molecule has 0 spiro atoms. The maximum absolute atomic E-state index is 2.69. The summed E-state index contributed by atoms with van der Waals surface area (Å²) in [5.41, 5.74) is 8.84. The summed E-state index contributed by atoms with van der Waals surface area (Å²) in [6, 6.07) is 0. The smallest absolute Gasteiger partial charge is 0.0444 e. The van der Waals surface area contributed by atoms with E-state index in [1.807, 2.05) is 5.56 Å². The highest BCUT2D eigenvalue weighted by Gasteiger charge is 2.35. The fourth-order valence-corrected chi connectivity index (χ4v) is 7.06. The van der Waals surface area contributed by atoms with E-state index in [0.717, 1.165) is 17.8 Å². The van der Waals surface area contributed by atoms with Gasteiger partial charge in [-0.25, -0.2) is 0 Å². The van der Waals surface area contributed by atoms with Gasteiger partial charge in [0.15, 0.2) is 0 Å². The lowest BCUT2D eigenvalue weighted by Crippen LogP contribution is -2.16. The van der Waals surface area contributed by atoms with Crippen LogP contribution < -0.4 is 0 Å². The zero-order valence-corrected chi connectivity index (χ0v) is 17.6. The zero-order chi connectivity index (χ0) is 18.2. The second-order valence-corrected chi connectivity index (χ2v) is 10.1. The Morgan fingerprint density at radius 2 is 1.19 bits per heavy atom. The van der Waals surface area contributed by atoms with Crippen LogP contribution >= 0.6 is 0 Å². The van der Waals surface area contributed by atoms with E-state index in [0.29, 0.717) is 0 Å². The van der Waals surface area contributed by atoms with E-state index in [4.69, 9.17) is 0 Å². The minimum absolute atomic E-state index is 0.845. The van der Waals surface area contributed by atoms with E-state index in [1.54, 1.807) is 22.5 Å². The summed E-state index contributed by atoms with van der Waals surface area (Å²) in [5.74, 6) is 2.60. The van der Waals surface area contributed by atoms with Gasteiger partial charge in [-0.3, -0.25) is 0 Å². The number of rotatable bonds is 3. The van der Waals surface area contributed by atoms with Gasteiger partial charge in [0.2, 0.25) is 0 Å². The Morgan fingerprint density at radius 3 is 1.78 bits per heavy atom. The van der Waals surface area contributed by atoms with Gasteiger partial charge in [-0.15, -0.1) is 0 Å². The third-order valence-corrected chi connectivity index (χ3v) is 8.47. The molecule has 4 aliphatic rings. The van der Waals surface area contributed by atoms with Gasteiger partial charge in [0, 0.05) is 18.4 Å². The van der Waals surface area contributed by atoms with Crippen LogP contribution in [0.3, 0.4) is 0 Å². The van der Waals surface area contributed by atoms with Crippen LogP contribution in [0.5, 0.6) is 0 Å². The minimum atomic E-state index is 0.845. The van der Waals surface area contributed by atoms with E-state index in [-0.39, 0.29) is 0 Å². The summed E-state index contributed by atoms with van der Waals surface area (Å²) in [5, 5.41) is 0. The molecule has 0 radical (unpaired) electrons. The fourth-order valence-electron chi connectivity index (χ4n) is 7.06. The molecule has 0 bridgehead atoms. The Kier molecular flexibility index (Phi) is 5.22. The first-order valence-corrected chi connectivity index (χ1v) is 12.2. The van der Waals surface area contributed by atoms with Crippen LogP contribution in [0.15, 0.2) is 5.57 Å². The highest BCUT2D eigenvalue weighted by molar-refractivity contribution is 5.67. The van der Waals surface area contributed by atoms with Crippen molar-refractivity contribution in [2.45, 2.75) is 115 Å². The molecule has 0 atom stereocenters. The van der Waals surface area contributed by atoms with Gasteiger partial charge >= 0.3 is 0 Å². The zero-order valence-electron chi connectivity index (χ0n) is 17.6. The predicted octanol–water partition coefficient (Wildman–Crippen LogP) is 7.64. The Labute approximate surface area is 166 Å². The topological polar surface area (TPSA) is 4.93 Å². The maximum atomic E-state index is 2.69. The molecular formula is C26H39N. The first-order valence-electron chi connectivity index (χ1n) is 12.2. The van der Waals surface area contributed by atoms with Crippen molar-refractivity contribution >= 4 is 6.08 Å². The molecule has 4 aliphatic carbocycles. The minimum Gasteiger partial charge on any atom is -0.347 e. The lowest BCUT2D eigenvalue weighted by atomic mass is 9.76. The number of hydrogen-bond donors (Lipinski definition) is 0. The van der Waals surface area contributed by atoms with E-state index in [1.165, 1.54) is 103 Å². The molecule has 27 heavy (non-hydrogen) atoms. The van der Waals surface area contributed by atoms with Gasteiger partial charge in [-0.2, -0.15) is 0 Å². The Morgan fingerprint density at radius 1 is 0.667 bits per heavy atom. The molecule has 0 aromatic carbocycles. The van der Waals surface area contributed by atoms with Crippen LogP contribution in [0.2, 0.25) is 0 Å². The van der Waals surface area contributed by atoms with Crippen molar-refractivity contribution in [1.82, 2.24) is 4.57 Å². The average molecular weight is 366 g/mol. The normalized spacial score (nSPS) is 25.6. The molecular weight excluding hydrogens is 326 g/mol. The number of aromatic nitrogens is 1. The fraction of sp³-hybridized carbons (Fsp3) is 0.769. The van der Waals surface area contributed by atoms with Crippen molar-refractivity contribution in [3.05, 3.63) is 28.1 Å². The quantitative estimate of drug-likeness (QED) is 0.518. The van der Waals surface area contributed by atoms with Crippen LogP contribution in [0.1, 0.15) is 131 Å². The van der Waals surface area contributed by atoms with Gasteiger partial charge in [-0.1, -0.05) is 63.4 Å². The van der Waals surface area contributed by atoms with Crippen molar-refractivity contribution in [3.8, 4) is 0 Å². The molecule has 1 nitrogen and oxygen atoms in total. The predicted molar refractivity (Wildman–Crippen MR) is 115 cm³/mol. The summed E-state index contributed by atoms with van der Waals surface area (Å²) in [6.07, 6.45) is 25.8.